The van der Waals surface area contributed by atoms with Gasteiger partial charge in [-0.3, -0.25) is 0 Å². The van der Waals surface area contributed by atoms with Gasteiger partial charge in [0.05, 0.1) is 26.7 Å². The standard InChI is InChI=1S/C28H59ClN.BrH/c1-4-6-8-10-12-14-16-18-20-22-26-30(3,28-24-25-29)27-23-21-19-17-15-13-11-9-7-5-2;/h4-28H2,1-3H3;1H/q+1;/p-1. The predicted molar refractivity (Wildman–Crippen MR) is 140 cm³/mol. The summed E-state index contributed by atoms with van der Waals surface area (Å²) in [6, 6.07) is 0. The normalized spacial score (nSPS) is 11.6. The van der Waals surface area contributed by atoms with Gasteiger partial charge < -0.3 is 21.5 Å². The van der Waals surface area contributed by atoms with Crippen molar-refractivity contribution in [2.45, 2.75) is 149 Å². The Kier molecular flexibility index (Phi) is 29.5. The minimum atomic E-state index is 0. The van der Waals surface area contributed by atoms with Crippen molar-refractivity contribution in [3.63, 3.8) is 0 Å². The zero-order chi connectivity index (χ0) is 22.2. The Hall–Kier alpha value is 0.730. The molecule has 0 aliphatic rings. The van der Waals surface area contributed by atoms with Gasteiger partial charge in [0.2, 0.25) is 0 Å². The van der Waals surface area contributed by atoms with Crippen LogP contribution in [0.15, 0.2) is 0 Å². The Morgan fingerprint density at radius 1 is 0.419 bits per heavy atom. The van der Waals surface area contributed by atoms with Gasteiger partial charge in [0.25, 0.3) is 0 Å². The molecule has 0 amide bonds. The maximum atomic E-state index is 6.03. The minimum absolute atomic E-state index is 0. The second-order valence-electron chi connectivity index (χ2n) is 10.2. The molecule has 1 nitrogen and oxygen atoms in total. The number of quaternary nitrogens is 1. The van der Waals surface area contributed by atoms with Gasteiger partial charge in [-0.2, -0.15) is 0 Å². The SMILES string of the molecule is CCCCCCCCCCCC[N+](C)(CCCCl)CCCCCCCCCCCC.[Br-]. The molecule has 31 heavy (non-hydrogen) atoms. The van der Waals surface area contributed by atoms with Crippen molar-refractivity contribution in [2.24, 2.45) is 0 Å². The number of rotatable bonds is 25. The highest BCUT2D eigenvalue weighted by molar-refractivity contribution is 6.17. The average Bonchev–Trinajstić information content (AvgIpc) is 2.75. The molecule has 0 unspecified atom stereocenters. The minimum Gasteiger partial charge on any atom is -1.00 e. The summed E-state index contributed by atoms with van der Waals surface area (Å²) in [5, 5.41) is 0. The van der Waals surface area contributed by atoms with Crippen LogP contribution in [0.25, 0.3) is 0 Å². The van der Waals surface area contributed by atoms with Crippen molar-refractivity contribution >= 4 is 11.6 Å². The van der Waals surface area contributed by atoms with Crippen LogP contribution in [0.5, 0.6) is 0 Å². The van der Waals surface area contributed by atoms with Crippen LogP contribution in [-0.4, -0.2) is 37.0 Å². The molecule has 0 rings (SSSR count). The summed E-state index contributed by atoms with van der Waals surface area (Å²) in [5.74, 6) is 0.823. The van der Waals surface area contributed by atoms with Gasteiger partial charge in [-0.15, -0.1) is 11.6 Å². The Bertz CT molecular complexity index is 300. The van der Waals surface area contributed by atoms with Crippen LogP contribution in [0.1, 0.15) is 149 Å². The summed E-state index contributed by atoms with van der Waals surface area (Å²) in [5.41, 5.74) is 0. The van der Waals surface area contributed by atoms with E-state index < -0.39 is 0 Å². The van der Waals surface area contributed by atoms with Gasteiger partial charge in [0, 0.05) is 12.3 Å². The van der Waals surface area contributed by atoms with Gasteiger partial charge in [0.1, 0.15) is 0 Å². The fraction of sp³-hybridized carbons (Fsp3) is 1.00. The van der Waals surface area contributed by atoms with Crippen molar-refractivity contribution in [3.8, 4) is 0 Å². The first-order valence-corrected chi connectivity index (χ1v) is 14.6. The van der Waals surface area contributed by atoms with Crippen LogP contribution in [-0.2, 0) is 0 Å². The number of hydrogen-bond donors (Lipinski definition) is 0. The third-order valence-electron chi connectivity index (χ3n) is 6.93. The van der Waals surface area contributed by atoms with E-state index in [0.29, 0.717) is 0 Å². The van der Waals surface area contributed by atoms with E-state index in [4.69, 9.17) is 11.6 Å². The van der Waals surface area contributed by atoms with E-state index in [2.05, 4.69) is 20.9 Å². The van der Waals surface area contributed by atoms with Crippen LogP contribution in [0, 0.1) is 0 Å². The molecule has 0 bridgehead atoms. The second-order valence-corrected chi connectivity index (χ2v) is 10.6. The smallest absolute Gasteiger partial charge is 0.0796 e. The molecule has 0 heterocycles. The lowest BCUT2D eigenvalue weighted by molar-refractivity contribution is -0.910. The van der Waals surface area contributed by atoms with E-state index in [1.54, 1.807) is 0 Å². The van der Waals surface area contributed by atoms with E-state index >= 15 is 0 Å². The van der Waals surface area contributed by atoms with Crippen molar-refractivity contribution in [1.82, 2.24) is 0 Å². The molecule has 3 heteroatoms. The molecule has 0 radical (unpaired) electrons. The summed E-state index contributed by atoms with van der Waals surface area (Å²) < 4.78 is 1.26. The molecule has 0 aromatic heterocycles. The van der Waals surface area contributed by atoms with Gasteiger partial charge in [-0.25, -0.2) is 0 Å². The first-order chi connectivity index (χ1) is 14.7. The third kappa shape index (κ3) is 25.2. The van der Waals surface area contributed by atoms with E-state index in [9.17, 15) is 0 Å². The van der Waals surface area contributed by atoms with Crippen LogP contribution in [0.3, 0.4) is 0 Å². The lowest BCUT2D eigenvalue weighted by Gasteiger charge is -2.35. The lowest BCUT2D eigenvalue weighted by Crippen LogP contribution is -3.00. The Morgan fingerprint density at radius 2 is 0.677 bits per heavy atom. The summed E-state index contributed by atoms with van der Waals surface area (Å²) in [7, 11) is 2.49. The molecule has 0 saturated heterocycles. The Morgan fingerprint density at radius 3 is 0.968 bits per heavy atom. The van der Waals surface area contributed by atoms with Gasteiger partial charge in [0.15, 0.2) is 0 Å². The molecule has 0 aromatic rings. The molecule has 0 aromatic carbocycles. The molecule has 190 valence electrons. The molecule has 0 saturated carbocycles. The summed E-state index contributed by atoms with van der Waals surface area (Å²) in [6.07, 6.45) is 29.9. The van der Waals surface area contributed by atoms with E-state index in [1.807, 2.05) is 0 Å². The number of hydrogen-bond acceptors (Lipinski definition) is 0. The summed E-state index contributed by atoms with van der Waals surface area (Å²) >= 11 is 6.03. The summed E-state index contributed by atoms with van der Waals surface area (Å²) in [6.45, 7) is 8.61. The van der Waals surface area contributed by atoms with Crippen molar-refractivity contribution < 1.29 is 21.5 Å². The van der Waals surface area contributed by atoms with Crippen molar-refractivity contribution in [1.29, 1.82) is 0 Å². The number of nitrogens with zero attached hydrogens (tertiary/aromatic N) is 1. The number of halogens is 2. The van der Waals surface area contributed by atoms with Gasteiger partial charge in [-0.05, 0) is 25.7 Å². The maximum Gasteiger partial charge on any atom is 0.0796 e. The van der Waals surface area contributed by atoms with Gasteiger partial charge >= 0.3 is 0 Å². The van der Waals surface area contributed by atoms with Crippen LogP contribution < -0.4 is 17.0 Å². The molecule has 0 N–H and O–H groups in total. The largest absolute Gasteiger partial charge is 1.00 e. The molecule has 0 aliphatic heterocycles. The number of alkyl halides is 1. The second kappa shape index (κ2) is 27.0. The molecular formula is C28H59BrClN. The quantitative estimate of drug-likeness (QED) is 0.0691. The first-order valence-electron chi connectivity index (χ1n) is 14.1. The van der Waals surface area contributed by atoms with E-state index in [1.165, 1.54) is 159 Å². The highest BCUT2D eigenvalue weighted by Gasteiger charge is 2.19. The first kappa shape index (κ1) is 33.9. The molecule has 0 fully saturated rings. The van der Waals surface area contributed by atoms with Crippen molar-refractivity contribution in [3.05, 3.63) is 0 Å². The molecule has 0 spiro atoms. The fourth-order valence-corrected chi connectivity index (χ4v) is 4.86. The van der Waals surface area contributed by atoms with Crippen LogP contribution in [0.2, 0.25) is 0 Å². The lowest BCUT2D eigenvalue weighted by atomic mass is 10.1. The zero-order valence-electron chi connectivity index (χ0n) is 21.9. The Balaban J connectivity index is 0. The molecule has 0 aliphatic carbocycles. The molecular weight excluding hydrogens is 466 g/mol. The zero-order valence-corrected chi connectivity index (χ0v) is 24.2. The number of unbranched alkanes of at least 4 members (excludes halogenated alkanes) is 18. The topological polar surface area (TPSA) is 0 Å². The van der Waals surface area contributed by atoms with Crippen molar-refractivity contribution in [2.75, 3.05) is 32.6 Å². The van der Waals surface area contributed by atoms with Gasteiger partial charge in [-0.1, -0.05) is 117 Å². The monoisotopic (exact) mass is 523 g/mol. The van der Waals surface area contributed by atoms with Crippen LogP contribution in [0.4, 0.5) is 0 Å². The fourth-order valence-electron chi connectivity index (χ4n) is 4.74. The third-order valence-corrected chi connectivity index (χ3v) is 7.20. The average molecular weight is 525 g/mol. The summed E-state index contributed by atoms with van der Waals surface area (Å²) in [4.78, 5) is 0. The van der Waals surface area contributed by atoms with Crippen LogP contribution >= 0.6 is 11.6 Å². The maximum absolute atomic E-state index is 6.03. The Labute approximate surface area is 213 Å². The van der Waals surface area contributed by atoms with E-state index in [-0.39, 0.29) is 17.0 Å². The molecule has 0 atom stereocenters. The predicted octanol–water partition coefficient (Wildman–Crippen LogP) is 6.91. The highest BCUT2D eigenvalue weighted by Crippen LogP contribution is 2.16. The highest BCUT2D eigenvalue weighted by atomic mass is 79.9. The van der Waals surface area contributed by atoms with E-state index in [0.717, 1.165) is 5.88 Å².